The van der Waals surface area contributed by atoms with E-state index in [2.05, 4.69) is 52.6 Å². The van der Waals surface area contributed by atoms with Gasteiger partial charge in [-0.15, -0.1) is 0 Å². The predicted molar refractivity (Wildman–Crippen MR) is 131 cm³/mol. The summed E-state index contributed by atoms with van der Waals surface area (Å²) in [5, 5.41) is 4.94. The largest absolute Gasteiger partial charge is 0.496 e. The number of nitrogens with zero attached hydrogens (tertiary/aromatic N) is 4. The Morgan fingerprint density at radius 1 is 1.35 bits per heavy atom. The van der Waals surface area contributed by atoms with Gasteiger partial charge in [-0.05, 0) is 12.8 Å². The molecule has 2 aromatic rings. The molecule has 2 aromatic heterocycles. The van der Waals surface area contributed by atoms with Crippen molar-refractivity contribution in [2.45, 2.75) is 64.8 Å². The minimum absolute atomic E-state index is 0.138. The van der Waals surface area contributed by atoms with Crippen LogP contribution in [0.1, 0.15) is 47.3 Å². The molecule has 4 atom stereocenters. The van der Waals surface area contributed by atoms with Crippen LogP contribution in [-0.4, -0.2) is 59.2 Å². The first kappa shape index (κ1) is 25.5. The zero-order valence-corrected chi connectivity index (χ0v) is 20.7. The SMILES string of the molecule is [B][C@@]1(C)C(n2cnc3c(NC)nc(NC(=C)C)nc32)OC(COC(=C)CC(C)C)[C@H]1OC(C)=O. The van der Waals surface area contributed by atoms with E-state index < -0.39 is 29.7 Å². The third-order valence-corrected chi connectivity index (χ3v) is 5.40. The highest BCUT2D eigenvalue weighted by Gasteiger charge is 2.53. The number of ether oxygens (including phenoxy) is 3. The van der Waals surface area contributed by atoms with Gasteiger partial charge in [-0.3, -0.25) is 9.36 Å². The molecule has 2 N–H and O–H groups in total. The van der Waals surface area contributed by atoms with Gasteiger partial charge < -0.3 is 24.8 Å². The van der Waals surface area contributed by atoms with Crippen LogP contribution < -0.4 is 10.6 Å². The number of esters is 1. The summed E-state index contributed by atoms with van der Waals surface area (Å²) in [6, 6.07) is 0. The molecule has 1 aliphatic heterocycles. The number of aromatic nitrogens is 4. The maximum atomic E-state index is 11.9. The molecule has 3 rings (SSSR count). The Labute approximate surface area is 201 Å². The van der Waals surface area contributed by atoms with E-state index in [1.807, 2.05) is 6.92 Å². The van der Waals surface area contributed by atoms with Crippen LogP contribution in [-0.2, 0) is 19.0 Å². The molecule has 11 heteroatoms. The fraction of sp³-hybridized carbons (Fsp3) is 0.565. The summed E-state index contributed by atoms with van der Waals surface area (Å²) >= 11 is 0. The number of nitrogens with one attached hydrogen (secondary N) is 2. The second-order valence-electron chi connectivity index (χ2n) is 9.25. The Morgan fingerprint density at radius 3 is 2.65 bits per heavy atom. The molecule has 1 saturated heterocycles. The van der Waals surface area contributed by atoms with Gasteiger partial charge in [0.1, 0.15) is 25.0 Å². The van der Waals surface area contributed by atoms with Crippen molar-refractivity contribution in [3.8, 4) is 0 Å². The molecule has 2 radical (unpaired) electrons. The fourth-order valence-corrected chi connectivity index (χ4v) is 4.02. The third-order valence-electron chi connectivity index (χ3n) is 5.40. The van der Waals surface area contributed by atoms with E-state index in [9.17, 15) is 4.79 Å². The lowest BCUT2D eigenvalue weighted by Crippen LogP contribution is -2.37. The topological polar surface area (TPSA) is 112 Å². The standard InChI is InChI=1S/C23H33BN6O4/c1-12(2)9-14(5)32-10-16-18(33-15(6)31)23(7,24)21(34-16)30-11-26-17-19(25-8)28-22(27-13(3)4)29-20(17)30/h11-12,16,18,21H,3,5,9-10H2,1-2,4,6-8H3,(H2,25,27,28,29)/t16?,18-,21?,23-/m1/s1. The number of hydrogen-bond acceptors (Lipinski definition) is 9. The summed E-state index contributed by atoms with van der Waals surface area (Å²) < 4.78 is 19.5. The Bertz CT molecular complexity index is 1080. The maximum Gasteiger partial charge on any atom is 0.302 e. The fourth-order valence-electron chi connectivity index (χ4n) is 4.02. The van der Waals surface area contributed by atoms with Gasteiger partial charge in [-0.2, -0.15) is 9.97 Å². The minimum atomic E-state index is -1.11. The highest BCUT2D eigenvalue weighted by atomic mass is 16.6. The van der Waals surface area contributed by atoms with Crippen LogP contribution in [0.15, 0.2) is 30.9 Å². The first-order valence-electron chi connectivity index (χ1n) is 11.2. The molecular weight excluding hydrogens is 435 g/mol. The monoisotopic (exact) mass is 468 g/mol. The zero-order valence-electron chi connectivity index (χ0n) is 20.7. The molecule has 0 bridgehead atoms. The smallest absolute Gasteiger partial charge is 0.302 e. The zero-order chi connectivity index (χ0) is 25.2. The summed E-state index contributed by atoms with van der Waals surface area (Å²) in [4.78, 5) is 25.4. The van der Waals surface area contributed by atoms with Crippen molar-refractivity contribution in [2.75, 3.05) is 24.3 Å². The maximum absolute atomic E-state index is 11.9. The molecule has 0 aliphatic carbocycles. The third kappa shape index (κ3) is 5.35. The molecule has 1 aliphatic rings. The van der Waals surface area contributed by atoms with Crippen molar-refractivity contribution in [1.29, 1.82) is 0 Å². The highest BCUT2D eigenvalue weighted by Crippen LogP contribution is 2.51. The van der Waals surface area contributed by atoms with Gasteiger partial charge in [0.05, 0.1) is 19.9 Å². The van der Waals surface area contributed by atoms with Crippen molar-refractivity contribution >= 4 is 36.7 Å². The lowest BCUT2D eigenvalue weighted by Gasteiger charge is -2.31. The van der Waals surface area contributed by atoms with Gasteiger partial charge in [0.15, 0.2) is 17.0 Å². The van der Waals surface area contributed by atoms with Gasteiger partial charge in [-0.1, -0.05) is 33.9 Å². The molecule has 0 spiro atoms. The van der Waals surface area contributed by atoms with E-state index in [0.29, 0.717) is 46.7 Å². The van der Waals surface area contributed by atoms with Crippen LogP contribution >= 0.6 is 0 Å². The van der Waals surface area contributed by atoms with Crippen molar-refractivity contribution in [1.82, 2.24) is 19.5 Å². The lowest BCUT2D eigenvalue weighted by molar-refractivity contribution is -0.151. The van der Waals surface area contributed by atoms with Crippen molar-refractivity contribution in [3.63, 3.8) is 0 Å². The molecule has 1 fully saturated rings. The van der Waals surface area contributed by atoms with Gasteiger partial charge in [0.25, 0.3) is 0 Å². The van der Waals surface area contributed by atoms with Crippen molar-refractivity contribution in [3.05, 3.63) is 30.9 Å². The highest BCUT2D eigenvalue weighted by molar-refractivity contribution is 6.16. The average molecular weight is 468 g/mol. The molecule has 0 saturated carbocycles. The first-order valence-corrected chi connectivity index (χ1v) is 11.2. The van der Waals surface area contributed by atoms with E-state index in [0.717, 1.165) is 0 Å². The van der Waals surface area contributed by atoms with E-state index in [-0.39, 0.29) is 6.61 Å². The lowest BCUT2D eigenvalue weighted by atomic mass is 9.65. The van der Waals surface area contributed by atoms with Crippen LogP contribution in [0.5, 0.6) is 0 Å². The Morgan fingerprint density at radius 2 is 2.06 bits per heavy atom. The quantitative estimate of drug-likeness (QED) is 0.307. The normalized spacial score (nSPS) is 24.3. The average Bonchev–Trinajstić information content (AvgIpc) is 3.23. The first-order chi connectivity index (χ1) is 15.9. The van der Waals surface area contributed by atoms with Crippen LogP contribution in [0.25, 0.3) is 11.2 Å². The summed E-state index contributed by atoms with van der Waals surface area (Å²) in [7, 11) is 8.49. The van der Waals surface area contributed by atoms with E-state index in [4.69, 9.17) is 22.1 Å². The summed E-state index contributed by atoms with van der Waals surface area (Å²) in [6.45, 7) is 17.0. The number of hydrogen-bond donors (Lipinski definition) is 2. The number of imidazole rings is 1. The number of allylic oxidation sites excluding steroid dienone is 2. The Balaban J connectivity index is 1.98. The molecule has 2 unspecified atom stereocenters. The van der Waals surface area contributed by atoms with Crippen LogP contribution in [0.3, 0.4) is 0 Å². The molecular formula is C23H33BN6O4. The van der Waals surface area contributed by atoms with Gasteiger partial charge >= 0.3 is 5.97 Å². The Kier molecular flexibility index (Phi) is 7.55. The van der Waals surface area contributed by atoms with Gasteiger partial charge in [0.2, 0.25) is 5.95 Å². The number of carbonyl (C=O) groups excluding carboxylic acids is 1. The molecule has 0 aromatic carbocycles. The molecule has 182 valence electrons. The van der Waals surface area contributed by atoms with Crippen LogP contribution in [0.2, 0.25) is 5.31 Å². The summed E-state index contributed by atoms with van der Waals surface area (Å²) in [5.74, 6) is 1.46. The van der Waals surface area contributed by atoms with E-state index in [1.54, 1.807) is 24.9 Å². The molecule has 3 heterocycles. The Hall–Kier alpha value is -3.08. The number of anilines is 2. The second-order valence-corrected chi connectivity index (χ2v) is 9.25. The number of carbonyl (C=O) groups is 1. The predicted octanol–water partition coefficient (Wildman–Crippen LogP) is 3.57. The number of fused-ring (bicyclic) bond motifs is 1. The molecule has 10 nitrogen and oxygen atoms in total. The molecule has 0 amide bonds. The second kappa shape index (κ2) is 10.0. The summed E-state index contributed by atoms with van der Waals surface area (Å²) in [5.41, 5.74) is 1.72. The van der Waals surface area contributed by atoms with E-state index in [1.165, 1.54) is 6.92 Å². The minimum Gasteiger partial charge on any atom is -0.496 e. The van der Waals surface area contributed by atoms with Gasteiger partial charge in [-0.25, -0.2) is 4.98 Å². The molecule has 34 heavy (non-hydrogen) atoms. The van der Waals surface area contributed by atoms with Crippen LogP contribution in [0.4, 0.5) is 11.8 Å². The van der Waals surface area contributed by atoms with Crippen LogP contribution in [0, 0.1) is 5.92 Å². The number of rotatable bonds is 10. The summed E-state index contributed by atoms with van der Waals surface area (Å²) in [6.07, 6.45) is 0.169. The van der Waals surface area contributed by atoms with Gasteiger partial charge in [0, 0.05) is 31.4 Å². The van der Waals surface area contributed by atoms with Crippen molar-refractivity contribution in [2.24, 2.45) is 5.92 Å². The van der Waals surface area contributed by atoms with E-state index >= 15 is 0 Å². The van der Waals surface area contributed by atoms with Crippen molar-refractivity contribution < 1.29 is 19.0 Å².